The molecule has 0 spiro atoms. The highest BCUT2D eigenvalue weighted by molar-refractivity contribution is 8.01. The molecule has 0 fully saturated rings. The van der Waals surface area contributed by atoms with Gasteiger partial charge in [-0.2, -0.15) is 0 Å². The second-order valence-corrected chi connectivity index (χ2v) is 8.54. The van der Waals surface area contributed by atoms with Gasteiger partial charge in [-0.15, -0.1) is 21.5 Å². The molecule has 1 N–H and O–H groups in total. The smallest absolute Gasteiger partial charge is 0.231 e. The van der Waals surface area contributed by atoms with Crippen LogP contribution in [0.25, 0.3) is 0 Å². The highest BCUT2D eigenvalue weighted by Crippen LogP contribution is 2.27. The molecule has 1 amide bonds. The maximum atomic E-state index is 12.4. The molecular formula is C18H19N3OS3. The number of amides is 1. The first kappa shape index (κ1) is 18.1. The van der Waals surface area contributed by atoms with Gasteiger partial charge in [-0.05, 0) is 29.0 Å². The molecule has 0 aliphatic rings. The van der Waals surface area contributed by atoms with Gasteiger partial charge >= 0.3 is 0 Å². The molecule has 0 aliphatic heterocycles. The lowest BCUT2D eigenvalue weighted by Crippen LogP contribution is -2.30. The predicted octanol–water partition coefficient (Wildman–Crippen LogP) is 4.55. The van der Waals surface area contributed by atoms with Gasteiger partial charge in [0.25, 0.3) is 0 Å². The van der Waals surface area contributed by atoms with E-state index in [1.807, 2.05) is 11.4 Å². The van der Waals surface area contributed by atoms with Crippen LogP contribution in [0.2, 0.25) is 0 Å². The molecule has 25 heavy (non-hydrogen) atoms. The highest BCUT2D eigenvalue weighted by Gasteiger charge is 2.18. The second kappa shape index (κ2) is 9.12. The fourth-order valence-corrected chi connectivity index (χ4v) is 4.60. The Hall–Kier alpha value is -1.70. The molecule has 1 aromatic carbocycles. The van der Waals surface area contributed by atoms with Crippen LogP contribution in [0.15, 0.2) is 51.6 Å². The summed E-state index contributed by atoms with van der Waals surface area (Å²) < 4.78 is 0.812. The number of carbonyl (C=O) groups excluding carboxylic acids is 1. The molecule has 130 valence electrons. The van der Waals surface area contributed by atoms with Gasteiger partial charge in [0.2, 0.25) is 5.91 Å². The van der Waals surface area contributed by atoms with Crippen LogP contribution in [0.5, 0.6) is 0 Å². The van der Waals surface area contributed by atoms with Gasteiger partial charge in [0, 0.05) is 4.88 Å². The molecule has 0 saturated heterocycles. The number of carbonyl (C=O) groups is 1. The number of hydrogen-bond donors (Lipinski definition) is 1. The van der Waals surface area contributed by atoms with E-state index >= 15 is 0 Å². The third-order valence-electron chi connectivity index (χ3n) is 3.65. The summed E-state index contributed by atoms with van der Waals surface area (Å²) in [5.74, 6) is 0.335. The molecule has 0 saturated carbocycles. The third-order valence-corrected chi connectivity index (χ3v) is 6.45. The van der Waals surface area contributed by atoms with Gasteiger partial charge in [-0.1, -0.05) is 66.8 Å². The van der Waals surface area contributed by atoms with Gasteiger partial charge in [0.05, 0.1) is 11.8 Å². The van der Waals surface area contributed by atoms with Crippen molar-refractivity contribution in [1.29, 1.82) is 0 Å². The Balaban J connectivity index is 1.70. The lowest BCUT2D eigenvalue weighted by molar-refractivity contribution is -0.119. The van der Waals surface area contributed by atoms with E-state index in [-0.39, 0.29) is 11.9 Å². The zero-order valence-electron chi connectivity index (χ0n) is 13.8. The first-order valence-electron chi connectivity index (χ1n) is 8.07. The molecule has 1 atom stereocenters. The highest BCUT2D eigenvalue weighted by atomic mass is 32.2. The fourth-order valence-electron chi connectivity index (χ4n) is 2.50. The Kier molecular flexibility index (Phi) is 6.61. The molecule has 2 heterocycles. The second-order valence-electron chi connectivity index (χ2n) is 5.50. The molecule has 2 aromatic heterocycles. The van der Waals surface area contributed by atoms with Crippen LogP contribution in [0, 0.1) is 0 Å². The number of nitrogens with one attached hydrogen (secondary N) is 1. The van der Waals surface area contributed by atoms with Crippen molar-refractivity contribution in [1.82, 2.24) is 15.5 Å². The van der Waals surface area contributed by atoms with E-state index in [1.165, 1.54) is 28.7 Å². The molecule has 3 rings (SSSR count). The van der Waals surface area contributed by atoms with E-state index in [0.717, 1.165) is 27.6 Å². The fraction of sp³-hybridized carbons (Fsp3) is 0.278. The number of thioether (sulfide) groups is 1. The maximum absolute atomic E-state index is 12.4. The first-order valence-corrected chi connectivity index (χ1v) is 10.8. The molecule has 7 heteroatoms. The van der Waals surface area contributed by atoms with E-state index < -0.39 is 0 Å². The summed E-state index contributed by atoms with van der Waals surface area (Å²) in [7, 11) is 0. The first-order chi connectivity index (χ1) is 12.3. The summed E-state index contributed by atoms with van der Waals surface area (Å²) in [4.78, 5) is 13.6. The number of thiophene rings is 1. The average molecular weight is 390 g/mol. The Morgan fingerprint density at radius 2 is 2.08 bits per heavy atom. The van der Waals surface area contributed by atoms with Crippen molar-refractivity contribution in [3.05, 3.63) is 63.3 Å². The van der Waals surface area contributed by atoms with E-state index in [9.17, 15) is 4.79 Å². The zero-order valence-corrected chi connectivity index (χ0v) is 16.3. The Morgan fingerprint density at radius 1 is 1.24 bits per heavy atom. The van der Waals surface area contributed by atoms with Crippen molar-refractivity contribution < 1.29 is 4.79 Å². The van der Waals surface area contributed by atoms with Crippen LogP contribution in [-0.2, 0) is 11.2 Å². The van der Waals surface area contributed by atoms with E-state index in [2.05, 4.69) is 52.8 Å². The van der Waals surface area contributed by atoms with E-state index in [0.29, 0.717) is 5.75 Å². The van der Waals surface area contributed by atoms with Crippen LogP contribution in [0.4, 0.5) is 0 Å². The van der Waals surface area contributed by atoms with Crippen molar-refractivity contribution in [2.24, 2.45) is 0 Å². The largest absolute Gasteiger partial charge is 0.344 e. The molecule has 3 aromatic rings. The van der Waals surface area contributed by atoms with E-state index in [1.54, 1.807) is 16.8 Å². The Morgan fingerprint density at radius 3 is 2.72 bits per heavy atom. The van der Waals surface area contributed by atoms with Gasteiger partial charge < -0.3 is 5.32 Å². The summed E-state index contributed by atoms with van der Waals surface area (Å²) >= 11 is 4.52. The molecule has 1 unspecified atom stereocenters. The van der Waals surface area contributed by atoms with E-state index in [4.69, 9.17) is 0 Å². The van der Waals surface area contributed by atoms with Crippen molar-refractivity contribution in [2.45, 2.75) is 30.1 Å². The van der Waals surface area contributed by atoms with Crippen LogP contribution >= 0.6 is 34.4 Å². The number of hydrogen-bond acceptors (Lipinski definition) is 6. The number of nitrogens with zero attached hydrogens (tertiary/aromatic N) is 2. The van der Waals surface area contributed by atoms with Gasteiger partial charge in [-0.25, -0.2) is 0 Å². The normalized spacial score (nSPS) is 12.0. The number of aryl methyl sites for hydroxylation is 1. The van der Waals surface area contributed by atoms with Gasteiger partial charge in [0.15, 0.2) is 4.34 Å². The Labute approximate surface area is 159 Å². The molecule has 0 radical (unpaired) electrons. The monoisotopic (exact) mass is 389 g/mol. The average Bonchev–Trinajstić information content (AvgIpc) is 3.33. The SMILES string of the molecule is CCCc1ccc(C(NC(=O)CSc2nncs2)c2cccs2)cc1. The van der Waals surface area contributed by atoms with Crippen molar-refractivity contribution in [3.63, 3.8) is 0 Å². The lowest BCUT2D eigenvalue weighted by atomic mass is 10.0. The van der Waals surface area contributed by atoms with Crippen LogP contribution in [0.1, 0.15) is 35.4 Å². The number of rotatable bonds is 8. The van der Waals surface area contributed by atoms with Crippen LogP contribution in [0.3, 0.4) is 0 Å². The maximum Gasteiger partial charge on any atom is 0.231 e. The standard InChI is InChI=1S/C18H19N3OS3/c1-2-4-13-6-8-14(9-7-13)17(15-5-3-10-23-15)20-16(22)11-24-18-21-19-12-25-18/h3,5-10,12,17H,2,4,11H2,1H3,(H,20,22). The molecule has 0 aliphatic carbocycles. The van der Waals surface area contributed by atoms with Crippen molar-refractivity contribution in [3.8, 4) is 0 Å². The summed E-state index contributed by atoms with van der Waals surface area (Å²) in [6, 6.07) is 12.5. The van der Waals surface area contributed by atoms with Crippen LogP contribution < -0.4 is 5.32 Å². The minimum Gasteiger partial charge on any atom is -0.344 e. The minimum atomic E-state index is -0.113. The zero-order chi connectivity index (χ0) is 17.5. The molecule has 4 nitrogen and oxygen atoms in total. The quantitative estimate of drug-likeness (QED) is 0.574. The van der Waals surface area contributed by atoms with Crippen LogP contribution in [-0.4, -0.2) is 21.9 Å². The summed E-state index contributed by atoms with van der Waals surface area (Å²) in [5, 5.41) is 12.9. The molecule has 0 bridgehead atoms. The minimum absolute atomic E-state index is 0.00349. The third kappa shape index (κ3) is 5.14. The topological polar surface area (TPSA) is 54.9 Å². The summed E-state index contributed by atoms with van der Waals surface area (Å²) in [5.41, 5.74) is 4.11. The van der Waals surface area contributed by atoms with Gasteiger partial charge in [0.1, 0.15) is 5.51 Å². The molecular weight excluding hydrogens is 370 g/mol. The number of benzene rings is 1. The summed E-state index contributed by atoms with van der Waals surface area (Å²) in [6.45, 7) is 2.18. The predicted molar refractivity (Wildman–Crippen MR) is 105 cm³/mol. The lowest BCUT2D eigenvalue weighted by Gasteiger charge is -2.18. The Bertz CT molecular complexity index is 771. The van der Waals surface area contributed by atoms with Gasteiger partial charge in [-0.3, -0.25) is 4.79 Å². The summed E-state index contributed by atoms with van der Waals surface area (Å²) in [6.07, 6.45) is 2.21. The van der Waals surface area contributed by atoms with Crippen molar-refractivity contribution >= 4 is 40.3 Å². The number of aromatic nitrogens is 2. The van der Waals surface area contributed by atoms with Crippen molar-refractivity contribution in [2.75, 3.05) is 5.75 Å².